The summed E-state index contributed by atoms with van der Waals surface area (Å²) in [5.74, 6) is 1.33. The first-order valence-electron chi connectivity index (χ1n) is 9.46. The van der Waals surface area contributed by atoms with Crippen molar-refractivity contribution in [3.8, 4) is 11.5 Å². The van der Waals surface area contributed by atoms with Crippen molar-refractivity contribution in [1.82, 2.24) is 9.80 Å². The summed E-state index contributed by atoms with van der Waals surface area (Å²) in [6.45, 7) is 4.87. The van der Waals surface area contributed by atoms with E-state index in [9.17, 15) is 4.79 Å². The zero-order chi connectivity index (χ0) is 19.9. The van der Waals surface area contributed by atoms with Crippen LogP contribution >= 0.6 is 0 Å². The standard InChI is InChI=1S/C22H28N2O4/c1-23(15-18-6-9-20(26-2)21(14-18)27-3)22(25)19-7-4-17(5-8-19)16-24-10-12-28-13-11-24/h4-9,14H,10-13,15-16H2,1-3H3. The molecule has 0 radical (unpaired) electrons. The van der Waals surface area contributed by atoms with Gasteiger partial charge in [-0.15, -0.1) is 0 Å². The highest BCUT2D eigenvalue weighted by molar-refractivity contribution is 5.94. The van der Waals surface area contributed by atoms with E-state index in [0.717, 1.165) is 38.4 Å². The summed E-state index contributed by atoms with van der Waals surface area (Å²) >= 11 is 0. The molecule has 150 valence electrons. The second kappa shape index (κ2) is 9.57. The second-order valence-electron chi connectivity index (χ2n) is 6.94. The third-order valence-electron chi connectivity index (χ3n) is 4.93. The minimum atomic E-state index is -0.00675. The van der Waals surface area contributed by atoms with Crippen molar-refractivity contribution in [1.29, 1.82) is 0 Å². The fraction of sp³-hybridized carbons (Fsp3) is 0.409. The maximum Gasteiger partial charge on any atom is 0.253 e. The fourth-order valence-electron chi connectivity index (χ4n) is 3.32. The molecular formula is C22H28N2O4. The van der Waals surface area contributed by atoms with Crippen molar-refractivity contribution >= 4 is 5.91 Å². The Hall–Kier alpha value is -2.57. The molecule has 2 aromatic carbocycles. The number of morpholine rings is 1. The summed E-state index contributed by atoms with van der Waals surface area (Å²) in [5, 5.41) is 0. The van der Waals surface area contributed by atoms with Gasteiger partial charge in [0, 0.05) is 38.8 Å². The van der Waals surface area contributed by atoms with E-state index >= 15 is 0 Å². The predicted molar refractivity (Wildman–Crippen MR) is 108 cm³/mol. The van der Waals surface area contributed by atoms with E-state index in [2.05, 4.69) is 4.90 Å². The van der Waals surface area contributed by atoms with Crippen LogP contribution in [0.4, 0.5) is 0 Å². The molecule has 0 N–H and O–H groups in total. The van der Waals surface area contributed by atoms with Crippen molar-refractivity contribution in [2.45, 2.75) is 13.1 Å². The number of hydrogen-bond acceptors (Lipinski definition) is 5. The maximum atomic E-state index is 12.8. The third kappa shape index (κ3) is 5.03. The largest absolute Gasteiger partial charge is 0.493 e. The molecule has 1 aliphatic heterocycles. The lowest BCUT2D eigenvalue weighted by Gasteiger charge is -2.26. The molecule has 28 heavy (non-hydrogen) atoms. The van der Waals surface area contributed by atoms with Gasteiger partial charge < -0.3 is 19.1 Å². The molecule has 1 heterocycles. The fourth-order valence-corrected chi connectivity index (χ4v) is 3.32. The minimum Gasteiger partial charge on any atom is -0.493 e. The molecule has 1 aliphatic rings. The second-order valence-corrected chi connectivity index (χ2v) is 6.94. The van der Waals surface area contributed by atoms with Crippen LogP contribution in [0.3, 0.4) is 0 Å². The predicted octanol–water partition coefficient (Wildman–Crippen LogP) is 2.81. The topological polar surface area (TPSA) is 51.2 Å². The third-order valence-corrected chi connectivity index (χ3v) is 4.93. The summed E-state index contributed by atoms with van der Waals surface area (Å²) in [6, 6.07) is 13.6. The highest BCUT2D eigenvalue weighted by Gasteiger charge is 2.15. The van der Waals surface area contributed by atoms with Gasteiger partial charge in [0.1, 0.15) is 0 Å². The van der Waals surface area contributed by atoms with Gasteiger partial charge in [0.15, 0.2) is 11.5 Å². The molecule has 1 amide bonds. The van der Waals surface area contributed by atoms with E-state index in [1.54, 1.807) is 26.2 Å². The molecule has 0 aromatic heterocycles. The van der Waals surface area contributed by atoms with Crippen molar-refractivity contribution < 1.29 is 19.0 Å². The molecule has 6 heteroatoms. The molecule has 0 unspecified atom stereocenters. The van der Waals surface area contributed by atoms with Crippen molar-refractivity contribution in [3.05, 3.63) is 59.2 Å². The Morgan fingerprint density at radius 3 is 2.29 bits per heavy atom. The van der Waals surface area contributed by atoms with Gasteiger partial charge in [-0.2, -0.15) is 0 Å². The van der Waals surface area contributed by atoms with Crippen LogP contribution in [0.1, 0.15) is 21.5 Å². The zero-order valence-electron chi connectivity index (χ0n) is 16.8. The van der Waals surface area contributed by atoms with E-state index in [1.807, 2.05) is 42.5 Å². The first-order chi connectivity index (χ1) is 13.6. The van der Waals surface area contributed by atoms with Crippen molar-refractivity contribution in [3.63, 3.8) is 0 Å². The zero-order valence-corrected chi connectivity index (χ0v) is 16.8. The Labute approximate surface area is 166 Å². The number of ether oxygens (including phenoxy) is 3. The van der Waals surface area contributed by atoms with E-state index in [4.69, 9.17) is 14.2 Å². The Kier molecular flexibility index (Phi) is 6.90. The Morgan fingerprint density at radius 1 is 1.00 bits per heavy atom. The van der Waals surface area contributed by atoms with Gasteiger partial charge in [-0.1, -0.05) is 18.2 Å². The van der Waals surface area contributed by atoms with Crippen LogP contribution in [0.25, 0.3) is 0 Å². The first-order valence-corrected chi connectivity index (χ1v) is 9.46. The van der Waals surface area contributed by atoms with Gasteiger partial charge in [0.2, 0.25) is 0 Å². The average molecular weight is 384 g/mol. The SMILES string of the molecule is COc1ccc(CN(C)C(=O)c2ccc(CN3CCOCC3)cc2)cc1OC. The lowest BCUT2D eigenvalue weighted by Crippen LogP contribution is -2.35. The Bertz CT molecular complexity index is 786. The molecule has 0 saturated carbocycles. The lowest BCUT2D eigenvalue weighted by atomic mass is 10.1. The number of rotatable bonds is 7. The Balaban J connectivity index is 1.61. The summed E-state index contributed by atoms with van der Waals surface area (Å²) in [4.78, 5) is 16.8. The van der Waals surface area contributed by atoms with Crippen LogP contribution in [-0.2, 0) is 17.8 Å². The normalized spacial score (nSPS) is 14.5. The van der Waals surface area contributed by atoms with Gasteiger partial charge >= 0.3 is 0 Å². The highest BCUT2D eigenvalue weighted by Crippen LogP contribution is 2.28. The maximum absolute atomic E-state index is 12.8. The summed E-state index contributed by atoms with van der Waals surface area (Å²) in [6.07, 6.45) is 0. The quantitative estimate of drug-likeness (QED) is 0.735. The number of hydrogen-bond donors (Lipinski definition) is 0. The smallest absolute Gasteiger partial charge is 0.253 e. The van der Waals surface area contributed by atoms with Gasteiger partial charge in [-0.05, 0) is 35.4 Å². The van der Waals surface area contributed by atoms with E-state index in [-0.39, 0.29) is 5.91 Å². The van der Waals surface area contributed by atoms with Crippen LogP contribution in [0.2, 0.25) is 0 Å². The molecule has 6 nitrogen and oxygen atoms in total. The lowest BCUT2D eigenvalue weighted by molar-refractivity contribution is 0.0342. The van der Waals surface area contributed by atoms with Crippen molar-refractivity contribution in [2.24, 2.45) is 0 Å². The number of methoxy groups -OCH3 is 2. The molecule has 0 aliphatic carbocycles. The van der Waals surface area contributed by atoms with Crippen LogP contribution in [0.5, 0.6) is 11.5 Å². The van der Waals surface area contributed by atoms with Crippen molar-refractivity contribution in [2.75, 3.05) is 47.6 Å². The van der Waals surface area contributed by atoms with Crippen LogP contribution in [0, 0.1) is 0 Å². The number of nitrogens with zero attached hydrogens (tertiary/aromatic N) is 2. The molecule has 0 atom stereocenters. The molecule has 1 saturated heterocycles. The van der Waals surface area contributed by atoms with Gasteiger partial charge in [0.05, 0.1) is 27.4 Å². The first kappa shape index (κ1) is 20.2. The number of amides is 1. The summed E-state index contributed by atoms with van der Waals surface area (Å²) in [7, 11) is 5.02. The Morgan fingerprint density at radius 2 is 1.64 bits per heavy atom. The number of benzene rings is 2. The molecule has 1 fully saturated rings. The van der Waals surface area contributed by atoms with E-state index in [1.165, 1.54) is 5.56 Å². The minimum absolute atomic E-state index is 0.00675. The van der Waals surface area contributed by atoms with Crippen LogP contribution in [-0.4, -0.2) is 63.3 Å². The van der Waals surface area contributed by atoms with E-state index in [0.29, 0.717) is 23.6 Å². The van der Waals surface area contributed by atoms with Gasteiger partial charge in [-0.25, -0.2) is 0 Å². The monoisotopic (exact) mass is 384 g/mol. The summed E-state index contributed by atoms with van der Waals surface area (Å²) < 4.78 is 16.0. The molecule has 0 bridgehead atoms. The van der Waals surface area contributed by atoms with Gasteiger partial charge in [0.25, 0.3) is 5.91 Å². The molecule has 0 spiro atoms. The summed E-state index contributed by atoms with van der Waals surface area (Å²) in [5.41, 5.74) is 2.88. The molecular weight excluding hydrogens is 356 g/mol. The van der Waals surface area contributed by atoms with Gasteiger partial charge in [-0.3, -0.25) is 9.69 Å². The number of carbonyl (C=O) groups is 1. The average Bonchev–Trinajstić information content (AvgIpc) is 2.74. The van der Waals surface area contributed by atoms with E-state index < -0.39 is 0 Å². The highest BCUT2D eigenvalue weighted by atomic mass is 16.5. The molecule has 2 aromatic rings. The molecule has 3 rings (SSSR count). The van der Waals surface area contributed by atoms with Crippen LogP contribution < -0.4 is 9.47 Å². The van der Waals surface area contributed by atoms with Crippen LogP contribution in [0.15, 0.2) is 42.5 Å². The number of carbonyl (C=O) groups excluding carboxylic acids is 1.